The highest BCUT2D eigenvalue weighted by Gasteiger charge is 2.51. The Balaban J connectivity index is 1.27. The minimum absolute atomic E-state index is 0.327. The Kier molecular flexibility index (Phi) is 6.05. The Morgan fingerprint density at radius 1 is 0.923 bits per heavy atom. The number of rotatable bonds is 5. The lowest BCUT2D eigenvalue weighted by Gasteiger charge is -2.14. The van der Waals surface area contributed by atoms with Gasteiger partial charge in [0.2, 0.25) is 5.76 Å². The molecule has 0 saturated heterocycles. The maximum Gasteiger partial charge on any atom is 0.412 e. The van der Waals surface area contributed by atoms with Crippen molar-refractivity contribution in [1.29, 1.82) is 0 Å². The van der Waals surface area contributed by atoms with E-state index in [1.54, 1.807) is 0 Å². The molecule has 6 nitrogen and oxygen atoms in total. The SMILES string of the molecule is CC(OC(=O)Nc1c(C#Cc2ccc3cc(C4(C(=O)O)CC4)ccc3c2)oc2ccccc12)c1ccccc1. The molecule has 1 atom stereocenters. The van der Waals surface area contributed by atoms with E-state index in [0.717, 1.165) is 32.8 Å². The predicted molar refractivity (Wildman–Crippen MR) is 150 cm³/mol. The number of nitrogens with one attached hydrogen (secondary N) is 1. The number of ether oxygens (including phenoxy) is 1. The van der Waals surface area contributed by atoms with Gasteiger partial charge >= 0.3 is 12.1 Å². The highest BCUT2D eigenvalue weighted by molar-refractivity contribution is 6.01. The summed E-state index contributed by atoms with van der Waals surface area (Å²) in [6, 6.07) is 28.5. The van der Waals surface area contributed by atoms with Crippen molar-refractivity contribution in [2.45, 2.75) is 31.3 Å². The number of para-hydroxylation sites is 1. The van der Waals surface area contributed by atoms with E-state index in [0.29, 0.717) is 29.9 Å². The lowest BCUT2D eigenvalue weighted by atomic mass is 9.93. The highest BCUT2D eigenvalue weighted by atomic mass is 16.6. The Morgan fingerprint density at radius 2 is 1.64 bits per heavy atom. The van der Waals surface area contributed by atoms with Crippen LogP contribution in [0.5, 0.6) is 0 Å². The fourth-order valence-corrected chi connectivity index (χ4v) is 4.84. The molecule has 1 aliphatic carbocycles. The molecule has 1 saturated carbocycles. The summed E-state index contributed by atoms with van der Waals surface area (Å²) in [5.41, 5.74) is 2.82. The first-order valence-electron chi connectivity index (χ1n) is 12.8. The van der Waals surface area contributed by atoms with Gasteiger partial charge < -0.3 is 14.3 Å². The first-order valence-corrected chi connectivity index (χ1v) is 12.8. The number of fused-ring (bicyclic) bond motifs is 2. The van der Waals surface area contributed by atoms with Gasteiger partial charge in [-0.15, -0.1) is 0 Å². The molecular formula is C33H25NO5. The second kappa shape index (κ2) is 9.70. The van der Waals surface area contributed by atoms with Crippen LogP contribution in [0.2, 0.25) is 0 Å². The fraction of sp³-hybridized carbons (Fsp3) is 0.152. The standard InChI is InChI=1S/C33H25NO5/c1-21(23-7-3-2-4-8-23)38-32(37)34-30-27-9-5-6-10-28(27)39-29(30)16-12-22-11-13-25-20-26(15-14-24(25)19-22)33(17-18-33)31(35)36/h2-11,13-15,19-21H,17-18H2,1H3,(H,34,37)(H,35,36). The normalized spacial score (nSPS) is 14.3. The highest BCUT2D eigenvalue weighted by Crippen LogP contribution is 2.49. The maximum absolute atomic E-state index is 12.8. The molecule has 4 aromatic carbocycles. The summed E-state index contributed by atoms with van der Waals surface area (Å²) < 4.78 is 11.6. The number of hydrogen-bond acceptors (Lipinski definition) is 4. The van der Waals surface area contributed by atoms with E-state index in [2.05, 4.69) is 17.2 Å². The molecule has 2 N–H and O–H groups in total. The van der Waals surface area contributed by atoms with Crippen LogP contribution in [-0.4, -0.2) is 17.2 Å². The third kappa shape index (κ3) is 4.71. The summed E-state index contributed by atoms with van der Waals surface area (Å²) >= 11 is 0. The van der Waals surface area contributed by atoms with Crippen LogP contribution < -0.4 is 5.32 Å². The summed E-state index contributed by atoms with van der Waals surface area (Å²) in [5, 5.41) is 15.1. The van der Waals surface area contributed by atoms with E-state index >= 15 is 0 Å². The van der Waals surface area contributed by atoms with Crippen molar-refractivity contribution >= 4 is 39.5 Å². The maximum atomic E-state index is 12.8. The van der Waals surface area contributed by atoms with Crippen molar-refractivity contribution in [2.75, 3.05) is 5.32 Å². The fourth-order valence-electron chi connectivity index (χ4n) is 4.84. The first kappa shape index (κ1) is 24.3. The smallest absolute Gasteiger partial charge is 0.412 e. The Labute approximate surface area is 225 Å². The van der Waals surface area contributed by atoms with Crippen LogP contribution in [0.1, 0.15) is 48.3 Å². The minimum atomic E-state index is -0.766. The van der Waals surface area contributed by atoms with Crippen molar-refractivity contribution in [3.8, 4) is 11.8 Å². The number of anilines is 1. The zero-order chi connectivity index (χ0) is 27.0. The van der Waals surface area contributed by atoms with E-state index in [-0.39, 0.29) is 0 Å². The molecule has 1 aliphatic rings. The van der Waals surface area contributed by atoms with Crippen LogP contribution in [0.15, 0.2) is 95.4 Å². The van der Waals surface area contributed by atoms with Gasteiger partial charge in [0, 0.05) is 10.9 Å². The summed E-state index contributed by atoms with van der Waals surface area (Å²) in [6.45, 7) is 1.82. The van der Waals surface area contributed by atoms with Gasteiger partial charge in [-0.2, -0.15) is 0 Å². The molecule has 0 bridgehead atoms. The minimum Gasteiger partial charge on any atom is -0.481 e. The van der Waals surface area contributed by atoms with Gasteiger partial charge in [-0.3, -0.25) is 10.1 Å². The number of hydrogen-bond donors (Lipinski definition) is 2. The average molecular weight is 516 g/mol. The number of carbonyl (C=O) groups is 2. The van der Waals surface area contributed by atoms with Crippen molar-refractivity contribution in [1.82, 2.24) is 0 Å². The van der Waals surface area contributed by atoms with Crippen molar-refractivity contribution in [2.24, 2.45) is 0 Å². The van der Waals surface area contributed by atoms with Crippen LogP contribution in [-0.2, 0) is 14.9 Å². The molecule has 1 heterocycles. The first-order chi connectivity index (χ1) is 18.9. The van der Waals surface area contributed by atoms with Gasteiger partial charge in [0.25, 0.3) is 0 Å². The number of carboxylic acid groups (broad SMARTS) is 1. The van der Waals surface area contributed by atoms with Crippen LogP contribution in [0.3, 0.4) is 0 Å². The summed E-state index contributed by atoms with van der Waals surface area (Å²) in [6.07, 6.45) is 0.313. The zero-order valence-corrected chi connectivity index (χ0v) is 21.2. The quantitative estimate of drug-likeness (QED) is 0.238. The Bertz CT molecular complexity index is 1790. The van der Waals surface area contributed by atoms with Crippen LogP contribution >= 0.6 is 0 Å². The van der Waals surface area contributed by atoms with E-state index in [1.807, 2.05) is 97.9 Å². The molecule has 1 aromatic heterocycles. The molecule has 6 heteroatoms. The van der Waals surface area contributed by atoms with Gasteiger partial charge in [-0.1, -0.05) is 72.7 Å². The van der Waals surface area contributed by atoms with Crippen LogP contribution in [0, 0.1) is 11.8 Å². The summed E-state index contributed by atoms with van der Waals surface area (Å²) in [4.78, 5) is 24.5. The second-order valence-corrected chi connectivity index (χ2v) is 9.80. The molecule has 0 radical (unpaired) electrons. The average Bonchev–Trinajstić information content (AvgIpc) is 3.70. The largest absolute Gasteiger partial charge is 0.481 e. The Hall–Kier alpha value is -5.02. The van der Waals surface area contributed by atoms with Gasteiger partial charge in [-0.05, 0) is 71.9 Å². The van der Waals surface area contributed by atoms with Gasteiger partial charge in [-0.25, -0.2) is 4.79 Å². The van der Waals surface area contributed by atoms with Gasteiger partial charge in [0.1, 0.15) is 17.4 Å². The van der Waals surface area contributed by atoms with E-state index in [1.165, 1.54) is 0 Å². The molecule has 192 valence electrons. The molecule has 5 aromatic rings. The van der Waals surface area contributed by atoms with Crippen LogP contribution in [0.25, 0.3) is 21.7 Å². The predicted octanol–water partition coefficient (Wildman–Crippen LogP) is 7.41. The lowest BCUT2D eigenvalue weighted by molar-refractivity contribution is -0.140. The molecule has 1 amide bonds. The van der Waals surface area contributed by atoms with Crippen LogP contribution in [0.4, 0.5) is 10.5 Å². The summed E-state index contributed by atoms with van der Waals surface area (Å²) in [5.74, 6) is 5.77. The van der Waals surface area contributed by atoms with Gasteiger partial charge in [0.15, 0.2) is 0 Å². The molecular weight excluding hydrogens is 490 g/mol. The lowest BCUT2D eigenvalue weighted by Crippen LogP contribution is -2.19. The summed E-state index contributed by atoms with van der Waals surface area (Å²) in [7, 11) is 0. The zero-order valence-electron chi connectivity index (χ0n) is 21.2. The third-order valence-electron chi connectivity index (χ3n) is 7.25. The van der Waals surface area contributed by atoms with Crippen molar-refractivity contribution in [3.05, 3.63) is 113 Å². The molecule has 0 spiro atoms. The van der Waals surface area contributed by atoms with Crippen molar-refractivity contribution < 1.29 is 23.8 Å². The number of furan rings is 1. The topological polar surface area (TPSA) is 88.8 Å². The monoisotopic (exact) mass is 515 g/mol. The van der Waals surface area contributed by atoms with Crippen molar-refractivity contribution in [3.63, 3.8) is 0 Å². The van der Waals surface area contributed by atoms with E-state index < -0.39 is 23.6 Å². The number of carboxylic acids is 1. The molecule has 0 aliphatic heterocycles. The number of aliphatic carboxylic acids is 1. The number of benzene rings is 4. The molecule has 1 fully saturated rings. The number of amides is 1. The number of carbonyl (C=O) groups excluding carboxylic acids is 1. The van der Waals surface area contributed by atoms with Gasteiger partial charge in [0.05, 0.1) is 5.41 Å². The molecule has 1 unspecified atom stereocenters. The molecule has 39 heavy (non-hydrogen) atoms. The Morgan fingerprint density at radius 3 is 2.41 bits per heavy atom. The van der Waals surface area contributed by atoms with E-state index in [4.69, 9.17) is 9.15 Å². The molecule has 6 rings (SSSR count). The van der Waals surface area contributed by atoms with E-state index in [9.17, 15) is 14.7 Å². The third-order valence-corrected chi connectivity index (χ3v) is 7.25. The second-order valence-electron chi connectivity index (χ2n) is 9.80.